The van der Waals surface area contributed by atoms with Gasteiger partial charge >= 0.3 is 14.9 Å². The summed E-state index contributed by atoms with van der Waals surface area (Å²) in [6, 6.07) is 4.24. The molecule has 0 bridgehead atoms. The van der Waals surface area contributed by atoms with Gasteiger partial charge in [-0.15, -0.1) is 0 Å². The predicted molar refractivity (Wildman–Crippen MR) is 92.7 cm³/mol. The molecule has 136 valence electrons. The van der Waals surface area contributed by atoms with Gasteiger partial charge in [-0.2, -0.15) is 0 Å². The molecule has 0 aliphatic rings. The molecule has 0 aliphatic carbocycles. The summed E-state index contributed by atoms with van der Waals surface area (Å²) in [5, 5.41) is 18.6. The third-order valence-electron chi connectivity index (χ3n) is 2.47. The lowest BCUT2D eigenvalue weighted by Gasteiger charge is -2.31. The Bertz CT molecular complexity index is 585. The minimum absolute atomic E-state index is 0.0277. The Morgan fingerprint density at radius 3 is 1.83 bits per heavy atom. The number of phosphoric acid groups is 1. The number of rotatable bonds is 6. The number of hydrogen-bond donors (Lipinski definition) is 2. The van der Waals surface area contributed by atoms with Gasteiger partial charge < -0.3 is 19.3 Å². The van der Waals surface area contributed by atoms with Gasteiger partial charge in [0.15, 0.2) is 11.5 Å². The molecule has 1 aromatic carbocycles. The van der Waals surface area contributed by atoms with Crippen molar-refractivity contribution in [3.8, 4) is 11.5 Å². The maximum absolute atomic E-state index is 13.1. The van der Waals surface area contributed by atoms with E-state index in [1.165, 1.54) is 25.3 Å². The Morgan fingerprint density at radius 1 is 0.958 bits per heavy atom. The molecule has 0 amide bonds. The summed E-state index contributed by atoms with van der Waals surface area (Å²) in [6.45, 7) is 10.3. The van der Waals surface area contributed by atoms with Crippen LogP contribution in [0.3, 0.4) is 0 Å². The van der Waals surface area contributed by atoms with Crippen LogP contribution in [0.25, 0.3) is 0 Å². The largest absolute Gasteiger partial charge is 0.531 e. The van der Waals surface area contributed by atoms with Crippen LogP contribution in [-0.4, -0.2) is 35.5 Å². The zero-order valence-corrected chi connectivity index (χ0v) is 16.1. The summed E-state index contributed by atoms with van der Waals surface area (Å²) >= 11 is 0. The maximum atomic E-state index is 13.1. The Labute approximate surface area is 143 Å². The van der Waals surface area contributed by atoms with Gasteiger partial charge in [-0.25, -0.2) is 4.57 Å². The summed E-state index contributed by atoms with van der Waals surface area (Å²) in [5.74, 6) is 0.287. The fourth-order valence-corrected chi connectivity index (χ4v) is 3.61. The van der Waals surface area contributed by atoms with Crippen molar-refractivity contribution >= 4 is 20.4 Å². The molecule has 0 saturated heterocycles. The van der Waals surface area contributed by atoms with E-state index in [0.29, 0.717) is 0 Å². The van der Waals surface area contributed by atoms with Crippen LogP contribution in [0.15, 0.2) is 18.2 Å². The smallest absolute Gasteiger partial charge is 0.493 e. The Balaban J connectivity index is 3.27. The highest BCUT2D eigenvalue weighted by atomic mass is 31.2. The van der Waals surface area contributed by atoms with Gasteiger partial charge in [-0.3, -0.25) is 9.05 Å². The Hall–Kier alpha value is -1.05. The Kier molecular flexibility index (Phi) is 6.52. The Morgan fingerprint density at radius 2 is 1.46 bits per heavy atom. The zero-order chi connectivity index (χ0) is 18.8. The van der Waals surface area contributed by atoms with E-state index in [-0.39, 0.29) is 17.0 Å². The van der Waals surface area contributed by atoms with Crippen LogP contribution in [0, 0.1) is 0 Å². The lowest BCUT2D eigenvalue weighted by Crippen LogP contribution is -2.30. The van der Waals surface area contributed by atoms with Crippen molar-refractivity contribution in [3.63, 3.8) is 0 Å². The molecular formula is C15H26BO7P. The van der Waals surface area contributed by atoms with Crippen molar-refractivity contribution in [1.82, 2.24) is 0 Å². The van der Waals surface area contributed by atoms with E-state index in [9.17, 15) is 14.6 Å². The third-order valence-corrected chi connectivity index (χ3v) is 4.43. The first kappa shape index (κ1) is 21.0. The molecule has 24 heavy (non-hydrogen) atoms. The standard InChI is InChI=1S/C15H26BO7P/c1-14(2,3)22-24(19,23-15(4,5)6)21-13-10-11(16(17)18)8-9-12(13)20-7/h8-10,17-18H,1-7H3. The van der Waals surface area contributed by atoms with Crippen molar-refractivity contribution in [3.05, 3.63) is 18.2 Å². The first-order chi connectivity index (χ1) is 10.7. The quantitative estimate of drug-likeness (QED) is 0.595. The summed E-state index contributed by atoms with van der Waals surface area (Å²) < 4.78 is 34.9. The fraction of sp³-hybridized carbons (Fsp3) is 0.600. The molecule has 0 aromatic heterocycles. The lowest BCUT2D eigenvalue weighted by molar-refractivity contribution is 0.0220. The van der Waals surface area contributed by atoms with Gasteiger partial charge in [0, 0.05) is 0 Å². The van der Waals surface area contributed by atoms with Gasteiger partial charge in [0.1, 0.15) is 0 Å². The second-order valence-electron chi connectivity index (χ2n) is 7.23. The molecule has 1 aromatic rings. The second kappa shape index (κ2) is 7.46. The number of ether oxygens (including phenoxy) is 1. The average molecular weight is 360 g/mol. The second-order valence-corrected chi connectivity index (χ2v) is 8.67. The first-order valence-electron chi connectivity index (χ1n) is 7.50. The van der Waals surface area contributed by atoms with E-state index in [1.807, 2.05) is 0 Å². The first-order valence-corrected chi connectivity index (χ1v) is 8.96. The van der Waals surface area contributed by atoms with E-state index in [4.69, 9.17) is 18.3 Å². The highest BCUT2D eigenvalue weighted by Gasteiger charge is 2.39. The molecule has 0 saturated carbocycles. The molecule has 0 fully saturated rings. The third kappa shape index (κ3) is 6.83. The minimum atomic E-state index is -4.02. The molecule has 0 radical (unpaired) electrons. The molecule has 0 heterocycles. The van der Waals surface area contributed by atoms with Gasteiger partial charge in [0.05, 0.1) is 18.3 Å². The van der Waals surface area contributed by atoms with Crippen LogP contribution < -0.4 is 14.7 Å². The molecule has 0 atom stereocenters. The van der Waals surface area contributed by atoms with Crippen LogP contribution in [0.4, 0.5) is 0 Å². The number of benzene rings is 1. The molecule has 0 unspecified atom stereocenters. The van der Waals surface area contributed by atoms with E-state index < -0.39 is 26.1 Å². The van der Waals surface area contributed by atoms with Gasteiger partial charge in [-0.05, 0) is 59.1 Å². The normalized spacial score (nSPS) is 12.9. The summed E-state index contributed by atoms with van der Waals surface area (Å²) in [7, 11) is -4.31. The van der Waals surface area contributed by atoms with Crippen LogP contribution in [-0.2, 0) is 13.6 Å². The highest BCUT2D eigenvalue weighted by Crippen LogP contribution is 2.56. The molecule has 1 rings (SSSR count). The molecule has 7 nitrogen and oxygen atoms in total. The molecule has 0 spiro atoms. The van der Waals surface area contributed by atoms with Crippen LogP contribution in [0.2, 0.25) is 0 Å². The van der Waals surface area contributed by atoms with Gasteiger partial charge in [0.2, 0.25) is 0 Å². The topological polar surface area (TPSA) is 94.5 Å². The highest BCUT2D eigenvalue weighted by molar-refractivity contribution is 7.49. The number of hydrogen-bond acceptors (Lipinski definition) is 7. The molecule has 9 heteroatoms. The molecule has 2 N–H and O–H groups in total. The van der Waals surface area contributed by atoms with Gasteiger partial charge in [0.25, 0.3) is 0 Å². The maximum Gasteiger partial charge on any atom is 0.531 e. The van der Waals surface area contributed by atoms with E-state index in [1.54, 1.807) is 41.5 Å². The number of phosphoric ester groups is 1. The summed E-state index contributed by atoms with van der Waals surface area (Å²) in [4.78, 5) is 0. The minimum Gasteiger partial charge on any atom is -0.493 e. The molecular weight excluding hydrogens is 334 g/mol. The monoisotopic (exact) mass is 360 g/mol. The number of methoxy groups -OCH3 is 1. The average Bonchev–Trinajstić information content (AvgIpc) is 2.33. The van der Waals surface area contributed by atoms with Crippen molar-refractivity contribution in [1.29, 1.82) is 0 Å². The zero-order valence-electron chi connectivity index (χ0n) is 15.2. The van der Waals surface area contributed by atoms with E-state index in [2.05, 4.69) is 0 Å². The van der Waals surface area contributed by atoms with Crippen LogP contribution in [0.1, 0.15) is 41.5 Å². The van der Waals surface area contributed by atoms with Crippen molar-refractivity contribution in [2.75, 3.05) is 7.11 Å². The van der Waals surface area contributed by atoms with Crippen molar-refractivity contribution in [2.24, 2.45) is 0 Å². The SMILES string of the molecule is COc1ccc(B(O)O)cc1OP(=O)(OC(C)(C)C)OC(C)(C)C. The van der Waals surface area contributed by atoms with Gasteiger partial charge in [-0.1, -0.05) is 6.07 Å². The predicted octanol–water partition coefficient (Wildman–Crippen LogP) is 2.49. The lowest BCUT2D eigenvalue weighted by atomic mass is 9.80. The van der Waals surface area contributed by atoms with E-state index in [0.717, 1.165) is 0 Å². The summed E-state index contributed by atoms with van der Waals surface area (Å²) in [6.07, 6.45) is 0. The molecule has 0 aliphatic heterocycles. The van der Waals surface area contributed by atoms with E-state index >= 15 is 0 Å². The van der Waals surface area contributed by atoms with Crippen molar-refractivity contribution < 1.29 is 32.9 Å². The van der Waals surface area contributed by atoms with Crippen LogP contribution in [0.5, 0.6) is 11.5 Å². The fourth-order valence-electron chi connectivity index (χ4n) is 1.77. The van der Waals surface area contributed by atoms with Crippen molar-refractivity contribution in [2.45, 2.75) is 52.7 Å². The van der Waals surface area contributed by atoms with Crippen LogP contribution >= 0.6 is 7.82 Å². The summed E-state index contributed by atoms with van der Waals surface area (Å²) in [5.41, 5.74) is -1.42.